The maximum atomic E-state index is 12.1. The van der Waals surface area contributed by atoms with Crippen LogP contribution in [-0.4, -0.2) is 27.6 Å². The molecule has 1 aromatic heterocycles. The number of rotatable bonds is 6. The number of carbonyl (C=O) groups excluding carboxylic acids is 1. The molecule has 1 heterocycles. The zero-order valence-electron chi connectivity index (χ0n) is 12.2. The highest BCUT2D eigenvalue weighted by atomic mass is 16.4. The molecule has 0 aliphatic rings. The first-order valence-electron chi connectivity index (χ1n) is 7.09. The van der Waals surface area contributed by atoms with Crippen molar-refractivity contribution < 1.29 is 14.7 Å². The number of amides is 1. The van der Waals surface area contributed by atoms with E-state index in [1.54, 1.807) is 0 Å². The molecule has 0 bridgehead atoms. The Balaban J connectivity index is 2.09. The lowest BCUT2D eigenvalue weighted by molar-refractivity contribution is -0.143. The van der Waals surface area contributed by atoms with E-state index in [9.17, 15) is 14.7 Å². The zero-order chi connectivity index (χ0) is 15.4. The molecule has 0 aliphatic carbocycles. The van der Waals surface area contributed by atoms with Gasteiger partial charge in [0, 0.05) is 11.7 Å². The van der Waals surface area contributed by atoms with Gasteiger partial charge in [0.05, 0.1) is 0 Å². The van der Waals surface area contributed by atoms with Crippen LogP contribution in [0.3, 0.4) is 0 Å². The van der Waals surface area contributed by atoms with Crippen LogP contribution in [0.4, 0.5) is 0 Å². The molecular formula is C16H20N2O3. The number of carboxylic acids is 1. The molecule has 0 fully saturated rings. The van der Waals surface area contributed by atoms with Crippen molar-refractivity contribution in [3.05, 3.63) is 36.5 Å². The molecular weight excluding hydrogens is 268 g/mol. The van der Waals surface area contributed by atoms with Crippen molar-refractivity contribution in [2.24, 2.45) is 5.92 Å². The number of para-hydroxylation sites is 1. The maximum Gasteiger partial charge on any atom is 0.326 e. The van der Waals surface area contributed by atoms with Crippen molar-refractivity contribution in [1.82, 2.24) is 9.88 Å². The Bertz CT molecular complexity index is 648. The van der Waals surface area contributed by atoms with E-state index >= 15 is 0 Å². The molecule has 0 saturated heterocycles. The van der Waals surface area contributed by atoms with Gasteiger partial charge >= 0.3 is 5.97 Å². The van der Waals surface area contributed by atoms with Crippen molar-refractivity contribution in [3.63, 3.8) is 0 Å². The van der Waals surface area contributed by atoms with Crippen molar-refractivity contribution in [2.75, 3.05) is 0 Å². The molecule has 1 aromatic carbocycles. The van der Waals surface area contributed by atoms with E-state index in [1.807, 2.05) is 54.9 Å². The lowest BCUT2D eigenvalue weighted by Crippen LogP contribution is -2.46. The van der Waals surface area contributed by atoms with Gasteiger partial charge in [-0.25, -0.2) is 4.79 Å². The van der Waals surface area contributed by atoms with E-state index in [-0.39, 0.29) is 18.4 Å². The normalized spacial score (nSPS) is 13.8. The molecule has 112 valence electrons. The summed E-state index contributed by atoms with van der Waals surface area (Å²) in [5, 5.41) is 12.9. The van der Waals surface area contributed by atoms with Crippen LogP contribution in [0.25, 0.3) is 10.9 Å². The van der Waals surface area contributed by atoms with Crippen molar-refractivity contribution >= 4 is 22.8 Å². The summed E-state index contributed by atoms with van der Waals surface area (Å²) >= 11 is 0. The number of hydrogen-bond acceptors (Lipinski definition) is 2. The topological polar surface area (TPSA) is 71.3 Å². The van der Waals surface area contributed by atoms with Gasteiger partial charge < -0.3 is 15.0 Å². The Morgan fingerprint density at radius 3 is 2.67 bits per heavy atom. The minimum absolute atomic E-state index is 0.104. The van der Waals surface area contributed by atoms with Crippen LogP contribution in [0.1, 0.15) is 20.3 Å². The summed E-state index contributed by atoms with van der Waals surface area (Å²) in [6.45, 7) is 3.85. The quantitative estimate of drug-likeness (QED) is 0.856. The molecule has 2 unspecified atom stereocenters. The van der Waals surface area contributed by atoms with Gasteiger partial charge in [-0.05, 0) is 23.4 Å². The van der Waals surface area contributed by atoms with E-state index < -0.39 is 12.0 Å². The number of aromatic nitrogens is 1. The van der Waals surface area contributed by atoms with Crippen LogP contribution in [0.5, 0.6) is 0 Å². The number of hydrogen-bond donors (Lipinski definition) is 2. The minimum atomic E-state index is -0.991. The summed E-state index contributed by atoms with van der Waals surface area (Å²) in [6, 6.07) is 8.86. The fourth-order valence-electron chi connectivity index (χ4n) is 2.34. The highest BCUT2D eigenvalue weighted by molar-refractivity contribution is 5.86. The Morgan fingerprint density at radius 2 is 2.00 bits per heavy atom. The largest absolute Gasteiger partial charge is 0.480 e. The third-order valence-electron chi connectivity index (χ3n) is 3.79. The van der Waals surface area contributed by atoms with Crippen LogP contribution >= 0.6 is 0 Å². The number of carboxylic acid groups (broad SMARTS) is 1. The van der Waals surface area contributed by atoms with E-state index in [0.29, 0.717) is 6.42 Å². The van der Waals surface area contributed by atoms with Gasteiger partial charge in [-0.1, -0.05) is 38.5 Å². The molecule has 2 N–H and O–H groups in total. The Hall–Kier alpha value is -2.30. The van der Waals surface area contributed by atoms with E-state index in [4.69, 9.17) is 0 Å². The Morgan fingerprint density at radius 1 is 1.29 bits per heavy atom. The van der Waals surface area contributed by atoms with Gasteiger partial charge in [-0.3, -0.25) is 4.79 Å². The average molecular weight is 288 g/mol. The fourth-order valence-corrected chi connectivity index (χ4v) is 2.34. The van der Waals surface area contributed by atoms with Crippen molar-refractivity contribution in [2.45, 2.75) is 32.9 Å². The molecule has 0 saturated carbocycles. The van der Waals surface area contributed by atoms with E-state index in [2.05, 4.69) is 5.32 Å². The minimum Gasteiger partial charge on any atom is -0.480 e. The lowest BCUT2D eigenvalue weighted by Gasteiger charge is -2.20. The second-order valence-electron chi connectivity index (χ2n) is 5.27. The maximum absolute atomic E-state index is 12.1. The number of nitrogens with one attached hydrogen (secondary N) is 1. The van der Waals surface area contributed by atoms with Crippen LogP contribution in [-0.2, 0) is 16.1 Å². The summed E-state index contributed by atoms with van der Waals surface area (Å²) in [6.07, 6.45) is 2.53. The van der Waals surface area contributed by atoms with Gasteiger partial charge in [-0.2, -0.15) is 0 Å². The summed E-state index contributed by atoms with van der Waals surface area (Å²) in [7, 11) is 0. The SMILES string of the molecule is CCC(C)C(NC(=O)Cn1ccc2ccccc21)C(=O)O. The monoisotopic (exact) mass is 288 g/mol. The van der Waals surface area contributed by atoms with Crippen LogP contribution < -0.4 is 5.32 Å². The third-order valence-corrected chi connectivity index (χ3v) is 3.79. The molecule has 2 rings (SSSR count). The first-order chi connectivity index (χ1) is 10.0. The van der Waals surface area contributed by atoms with Gasteiger partial charge in [0.1, 0.15) is 12.6 Å². The van der Waals surface area contributed by atoms with E-state index in [0.717, 1.165) is 10.9 Å². The standard InChI is InChI=1S/C16H20N2O3/c1-3-11(2)15(16(20)21)17-14(19)10-18-9-8-12-6-4-5-7-13(12)18/h4-9,11,15H,3,10H2,1-2H3,(H,17,19)(H,20,21). The van der Waals surface area contributed by atoms with Crippen LogP contribution in [0, 0.1) is 5.92 Å². The first kappa shape index (κ1) is 15.1. The zero-order valence-corrected chi connectivity index (χ0v) is 12.2. The molecule has 2 atom stereocenters. The van der Waals surface area contributed by atoms with Gasteiger partial charge in [0.15, 0.2) is 0 Å². The second kappa shape index (κ2) is 6.43. The highest BCUT2D eigenvalue weighted by Crippen LogP contribution is 2.15. The molecule has 0 radical (unpaired) electrons. The highest BCUT2D eigenvalue weighted by Gasteiger charge is 2.25. The Kier molecular flexibility index (Phi) is 4.62. The van der Waals surface area contributed by atoms with Crippen LogP contribution in [0.15, 0.2) is 36.5 Å². The molecule has 1 amide bonds. The summed E-state index contributed by atoms with van der Waals surface area (Å²) in [5.41, 5.74) is 0.961. The van der Waals surface area contributed by atoms with E-state index in [1.165, 1.54) is 0 Å². The Labute approximate surface area is 123 Å². The summed E-state index contributed by atoms with van der Waals surface area (Å²) in [5.74, 6) is -1.38. The summed E-state index contributed by atoms with van der Waals surface area (Å²) in [4.78, 5) is 23.3. The average Bonchev–Trinajstić information content (AvgIpc) is 2.87. The van der Waals surface area contributed by atoms with Crippen LogP contribution in [0.2, 0.25) is 0 Å². The third kappa shape index (κ3) is 3.42. The molecule has 5 nitrogen and oxygen atoms in total. The number of carbonyl (C=O) groups is 2. The molecule has 5 heteroatoms. The molecule has 21 heavy (non-hydrogen) atoms. The molecule has 2 aromatic rings. The predicted molar refractivity (Wildman–Crippen MR) is 81.0 cm³/mol. The lowest BCUT2D eigenvalue weighted by atomic mass is 9.99. The number of aliphatic carboxylic acids is 1. The smallest absolute Gasteiger partial charge is 0.326 e. The second-order valence-corrected chi connectivity index (χ2v) is 5.27. The van der Waals surface area contributed by atoms with Crippen molar-refractivity contribution in [1.29, 1.82) is 0 Å². The van der Waals surface area contributed by atoms with Crippen molar-refractivity contribution in [3.8, 4) is 0 Å². The number of benzene rings is 1. The fraction of sp³-hybridized carbons (Fsp3) is 0.375. The number of nitrogens with zero attached hydrogens (tertiary/aromatic N) is 1. The summed E-state index contributed by atoms with van der Waals surface area (Å²) < 4.78 is 1.82. The molecule has 0 aliphatic heterocycles. The molecule has 0 spiro atoms. The number of fused-ring (bicyclic) bond motifs is 1. The first-order valence-corrected chi connectivity index (χ1v) is 7.09. The van der Waals surface area contributed by atoms with Gasteiger partial charge in [0.25, 0.3) is 0 Å². The van der Waals surface area contributed by atoms with Gasteiger partial charge in [-0.15, -0.1) is 0 Å². The predicted octanol–water partition coefficient (Wildman–Crippen LogP) is 2.26. The van der Waals surface area contributed by atoms with Gasteiger partial charge in [0.2, 0.25) is 5.91 Å².